The second kappa shape index (κ2) is 10.4. The molecule has 6 aromatic carbocycles. The molecule has 10 aromatic rings. The van der Waals surface area contributed by atoms with E-state index in [4.69, 9.17) is 0 Å². The fourth-order valence-electron chi connectivity index (χ4n) is 9.25. The van der Waals surface area contributed by atoms with Gasteiger partial charge in [-0.25, -0.2) is 0 Å². The first-order valence-corrected chi connectivity index (χ1v) is 19.9. The van der Waals surface area contributed by atoms with Crippen LogP contribution < -0.4 is 0 Å². The van der Waals surface area contributed by atoms with Gasteiger partial charge in [0.25, 0.3) is 0 Å². The van der Waals surface area contributed by atoms with Gasteiger partial charge in [-0.2, -0.15) is 0 Å². The van der Waals surface area contributed by atoms with Crippen molar-refractivity contribution in [3.63, 3.8) is 0 Å². The maximum Gasteiger partial charge on any atom is 0.0620 e. The Balaban J connectivity index is 1.26. The summed E-state index contributed by atoms with van der Waals surface area (Å²) < 4.78 is 5.09. The summed E-state index contributed by atoms with van der Waals surface area (Å²) in [4.78, 5) is 0. The van der Waals surface area contributed by atoms with Crippen LogP contribution in [0.4, 0.5) is 0 Å². The van der Waals surface area contributed by atoms with Crippen LogP contribution in [0.2, 0.25) is 0 Å². The smallest absolute Gasteiger partial charge is 0.0620 e. The summed E-state index contributed by atoms with van der Waals surface area (Å²) in [6, 6.07) is 38.5. The molecule has 4 aromatic heterocycles. The van der Waals surface area contributed by atoms with Gasteiger partial charge in [0.1, 0.15) is 0 Å². The van der Waals surface area contributed by atoms with Crippen LogP contribution in [-0.4, -0.2) is 8.80 Å². The maximum absolute atomic E-state index is 2.55. The predicted molar refractivity (Wildman–Crippen MR) is 236 cm³/mol. The molecule has 0 saturated heterocycles. The Hall–Kier alpha value is -5.08. The molecular weight excluding hydrogens is 653 g/mol. The van der Waals surface area contributed by atoms with E-state index >= 15 is 0 Å². The largest absolute Gasteiger partial charge is 0.308 e. The van der Waals surface area contributed by atoms with E-state index in [1.807, 2.05) is 0 Å². The van der Waals surface area contributed by atoms with Gasteiger partial charge in [0.2, 0.25) is 0 Å². The molecule has 0 saturated carbocycles. The zero-order valence-electron chi connectivity index (χ0n) is 34.1. The summed E-state index contributed by atoms with van der Waals surface area (Å²) >= 11 is 0. The normalized spacial score (nSPS) is 13.9. The number of fused-ring (bicyclic) bond motifs is 12. The lowest BCUT2D eigenvalue weighted by Gasteiger charge is -2.20. The van der Waals surface area contributed by atoms with Crippen molar-refractivity contribution in [1.82, 2.24) is 8.80 Å². The summed E-state index contributed by atoms with van der Waals surface area (Å²) in [5, 5.41) is 10.8. The molecule has 2 heteroatoms. The van der Waals surface area contributed by atoms with Crippen LogP contribution in [0.1, 0.15) is 105 Å². The summed E-state index contributed by atoms with van der Waals surface area (Å²) in [5.74, 6) is 0. The standard InChI is InChI=1S/C52H52N2/c1-49(2,3)31-15-19-43-37(23-31)41-27-33(51(7,8)9)25-39-35-17-13-29(21-45(35)53(43)47(39)41)30-14-18-36-40-26-34(52(10,11)12)28-42-38-24-32(50(4,5)6)16-20-44(38)54(48(40)42)46(36)22-30/h13-28H,1-12H3. The Labute approximate surface area is 319 Å². The van der Waals surface area contributed by atoms with E-state index < -0.39 is 0 Å². The minimum absolute atomic E-state index is 0.0431. The van der Waals surface area contributed by atoms with E-state index in [-0.39, 0.29) is 21.7 Å². The van der Waals surface area contributed by atoms with Gasteiger partial charge in [0, 0.05) is 43.1 Å². The highest BCUT2D eigenvalue weighted by molar-refractivity contribution is 6.25. The molecule has 0 unspecified atom stereocenters. The van der Waals surface area contributed by atoms with Gasteiger partial charge >= 0.3 is 0 Å². The van der Waals surface area contributed by atoms with Crippen LogP contribution in [-0.2, 0) is 21.7 Å². The Kier molecular flexibility index (Phi) is 6.42. The summed E-state index contributed by atoms with van der Waals surface area (Å²) in [6.07, 6.45) is 0. The lowest BCUT2D eigenvalue weighted by molar-refractivity contribution is 0.590. The highest BCUT2D eigenvalue weighted by Crippen LogP contribution is 2.46. The molecule has 10 rings (SSSR count). The van der Waals surface area contributed by atoms with E-state index in [0.29, 0.717) is 0 Å². The molecule has 0 radical (unpaired) electrons. The average Bonchev–Trinajstić information content (AvgIpc) is 3.81. The first kappa shape index (κ1) is 33.5. The number of benzene rings is 6. The quantitative estimate of drug-likeness (QED) is 0.161. The molecular formula is C52H52N2. The highest BCUT2D eigenvalue weighted by atomic mass is 14.9. The van der Waals surface area contributed by atoms with Crippen LogP contribution in [0, 0.1) is 0 Å². The zero-order chi connectivity index (χ0) is 38.0. The minimum atomic E-state index is 0.0431. The van der Waals surface area contributed by atoms with Crippen LogP contribution in [0.3, 0.4) is 0 Å². The lowest BCUT2D eigenvalue weighted by Crippen LogP contribution is -2.11. The molecule has 0 aliphatic rings. The van der Waals surface area contributed by atoms with Crippen LogP contribution in [0.25, 0.3) is 87.3 Å². The van der Waals surface area contributed by atoms with Crippen molar-refractivity contribution in [2.75, 3.05) is 0 Å². The molecule has 270 valence electrons. The zero-order valence-corrected chi connectivity index (χ0v) is 34.1. The lowest BCUT2D eigenvalue weighted by atomic mass is 9.84. The molecule has 0 aliphatic carbocycles. The van der Waals surface area contributed by atoms with E-state index in [9.17, 15) is 0 Å². The molecule has 0 bridgehead atoms. The third kappa shape index (κ3) is 4.58. The molecule has 4 heterocycles. The Morgan fingerprint density at radius 1 is 0.278 bits per heavy atom. The van der Waals surface area contributed by atoms with E-state index in [1.54, 1.807) is 0 Å². The third-order valence-corrected chi connectivity index (χ3v) is 12.6. The van der Waals surface area contributed by atoms with Crippen molar-refractivity contribution in [1.29, 1.82) is 0 Å². The first-order chi connectivity index (χ1) is 25.3. The Morgan fingerprint density at radius 3 is 0.926 bits per heavy atom. The number of nitrogens with zero attached hydrogens (tertiary/aromatic N) is 2. The van der Waals surface area contributed by atoms with Crippen molar-refractivity contribution in [2.45, 2.75) is 105 Å². The third-order valence-electron chi connectivity index (χ3n) is 12.6. The SMILES string of the molecule is CC(C)(C)c1ccc2c(c1)c1cc(C(C)(C)C)cc3c4ccc(-c5ccc6c7cc(C(C)(C)C)cc8c9cc(C(C)(C)C)ccc9n(c6c5)c87)cc4n2c13. The second-order valence-corrected chi connectivity index (χ2v) is 20.4. The van der Waals surface area contributed by atoms with Gasteiger partial charge < -0.3 is 8.80 Å². The number of aromatic nitrogens is 2. The first-order valence-electron chi connectivity index (χ1n) is 19.9. The fraction of sp³-hybridized carbons (Fsp3) is 0.308. The van der Waals surface area contributed by atoms with Gasteiger partial charge in [-0.3, -0.25) is 0 Å². The molecule has 0 spiro atoms. The maximum atomic E-state index is 2.55. The molecule has 0 atom stereocenters. The Morgan fingerprint density at radius 2 is 0.593 bits per heavy atom. The minimum Gasteiger partial charge on any atom is -0.308 e. The van der Waals surface area contributed by atoms with E-state index in [2.05, 4.69) is 189 Å². The molecule has 0 N–H and O–H groups in total. The van der Waals surface area contributed by atoms with Crippen LogP contribution >= 0.6 is 0 Å². The van der Waals surface area contributed by atoms with Crippen molar-refractivity contribution in [2.24, 2.45) is 0 Å². The summed E-state index contributed by atoms with van der Waals surface area (Å²) in [6.45, 7) is 27.9. The van der Waals surface area contributed by atoms with Gasteiger partial charge in [0.15, 0.2) is 0 Å². The topological polar surface area (TPSA) is 8.82 Å². The van der Waals surface area contributed by atoms with Crippen molar-refractivity contribution in [3.05, 3.63) is 119 Å². The van der Waals surface area contributed by atoms with Crippen molar-refractivity contribution in [3.8, 4) is 11.1 Å². The van der Waals surface area contributed by atoms with Gasteiger partial charge in [-0.15, -0.1) is 0 Å². The fourth-order valence-corrected chi connectivity index (χ4v) is 9.25. The van der Waals surface area contributed by atoms with Crippen LogP contribution in [0.5, 0.6) is 0 Å². The number of hydrogen-bond donors (Lipinski definition) is 0. The van der Waals surface area contributed by atoms with Crippen molar-refractivity contribution >= 4 is 76.2 Å². The van der Waals surface area contributed by atoms with Gasteiger partial charge in [0.05, 0.1) is 33.1 Å². The predicted octanol–water partition coefficient (Wildman–Crippen LogP) is 14.8. The van der Waals surface area contributed by atoms with E-state index in [1.165, 1.54) is 110 Å². The molecule has 0 fully saturated rings. The van der Waals surface area contributed by atoms with E-state index in [0.717, 1.165) is 0 Å². The van der Waals surface area contributed by atoms with Crippen LogP contribution in [0.15, 0.2) is 97.1 Å². The Bertz CT molecular complexity index is 2950. The molecule has 2 nitrogen and oxygen atoms in total. The average molecular weight is 705 g/mol. The molecule has 0 amide bonds. The monoisotopic (exact) mass is 704 g/mol. The second-order valence-electron chi connectivity index (χ2n) is 20.4. The van der Waals surface area contributed by atoms with Gasteiger partial charge in [-0.1, -0.05) is 119 Å². The number of rotatable bonds is 1. The summed E-state index contributed by atoms with van der Waals surface area (Å²) in [5.41, 5.74) is 16.1. The highest BCUT2D eigenvalue weighted by Gasteiger charge is 2.26. The summed E-state index contributed by atoms with van der Waals surface area (Å²) in [7, 11) is 0. The van der Waals surface area contributed by atoms with Gasteiger partial charge in [-0.05, 0) is 116 Å². The molecule has 0 aliphatic heterocycles. The number of hydrogen-bond acceptors (Lipinski definition) is 0. The van der Waals surface area contributed by atoms with Crippen molar-refractivity contribution < 1.29 is 0 Å². The molecule has 54 heavy (non-hydrogen) atoms.